The Labute approximate surface area is 379 Å². The number of aromatic nitrogens is 2. The monoisotopic (exact) mass is 886 g/mol. The van der Waals surface area contributed by atoms with E-state index in [9.17, 15) is 19.2 Å². The smallest absolute Gasteiger partial charge is 0.407 e. The Morgan fingerprint density at radius 1 is 0.877 bits per heavy atom. The molecule has 1 unspecified atom stereocenters. The van der Waals surface area contributed by atoms with E-state index in [-0.39, 0.29) is 47.2 Å². The first-order valence-electron chi connectivity index (χ1n) is 22.9. The Morgan fingerprint density at radius 2 is 1.49 bits per heavy atom. The number of likely N-dealkylation sites (tertiary alicyclic amines) is 2. The van der Waals surface area contributed by atoms with Gasteiger partial charge in [-0.1, -0.05) is 58.0 Å². The van der Waals surface area contributed by atoms with Crippen molar-refractivity contribution in [1.29, 1.82) is 0 Å². The Bertz CT molecular complexity index is 2540. The molecule has 2 saturated heterocycles. The van der Waals surface area contributed by atoms with Crippen molar-refractivity contribution >= 4 is 42.1 Å². The van der Waals surface area contributed by atoms with E-state index < -0.39 is 30.4 Å². The number of hydrogen-bond acceptors (Lipinski definition) is 9. The largest absolute Gasteiger partial charge is 0.453 e. The lowest BCUT2D eigenvalue weighted by molar-refractivity contribution is -0.138. The molecule has 4 amide bonds. The molecule has 2 bridgehead atoms. The summed E-state index contributed by atoms with van der Waals surface area (Å²) < 4.78 is 26.3. The van der Waals surface area contributed by atoms with Crippen molar-refractivity contribution in [3.05, 3.63) is 77.7 Å². The van der Waals surface area contributed by atoms with Crippen molar-refractivity contribution in [3.8, 4) is 33.5 Å². The summed E-state index contributed by atoms with van der Waals surface area (Å²) in [7, 11) is 2.58. The molecule has 5 aliphatic rings. The van der Waals surface area contributed by atoms with Crippen LogP contribution in [0.25, 0.3) is 33.5 Å². The number of nitrogens with zero attached hydrogens (tertiary/aromatic N) is 4. The maximum atomic E-state index is 16.6. The third kappa shape index (κ3) is 8.11. The normalized spacial score (nSPS) is 23.0. The van der Waals surface area contributed by atoms with Crippen LogP contribution in [0.1, 0.15) is 95.4 Å². The van der Waals surface area contributed by atoms with Crippen LogP contribution < -0.4 is 16.0 Å². The van der Waals surface area contributed by atoms with Crippen LogP contribution in [0.3, 0.4) is 0 Å². The average Bonchev–Trinajstić information content (AvgIpc) is 3.83. The number of aromatic amines is 1. The molecule has 0 radical (unpaired) electrons. The van der Waals surface area contributed by atoms with E-state index in [0.29, 0.717) is 41.6 Å². The number of benzene rings is 3. The van der Waals surface area contributed by atoms with Crippen molar-refractivity contribution in [2.75, 3.05) is 32.6 Å². The molecule has 3 aromatic carbocycles. The van der Waals surface area contributed by atoms with E-state index in [2.05, 4.69) is 32.6 Å². The predicted molar refractivity (Wildman–Crippen MR) is 246 cm³/mol. The SMILES string of the molecule is C=Nc1cc(-c2ccc3c(c2)C(F)c2cc(-c4cnc([C@@H]5CC6(CC6)CN5C(=O)[C@@H](NC(=O)OC)C(C)C)[nH]4)ccc2-3)ccc1NC[C@@H]1[C@H]2CC[C@H](C2)N1C(=O)[C@@H](NC(=O)OC)C(C)C. The van der Waals surface area contributed by atoms with Gasteiger partial charge < -0.3 is 40.2 Å². The van der Waals surface area contributed by atoms with Gasteiger partial charge in [0, 0.05) is 19.1 Å². The van der Waals surface area contributed by atoms with Gasteiger partial charge in [0.25, 0.3) is 0 Å². The molecule has 65 heavy (non-hydrogen) atoms. The molecule has 7 atom stereocenters. The molecule has 1 aromatic heterocycles. The zero-order chi connectivity index (χ0) is 45.9. The molecule has 4 fully saturated rings. The number of alkyl carbamates (subject to hydrolysis) is 2. The molecular weight excluding hydrogens is 828 g/mol. The van der Waals surface area contributed by atoms with Gasteiger partial charge in [-0.15, -0.1) is 0 Å². The van der Waals surface area contributed by atoms with Gasteiger partial charge in [-0.2, -0.15) is 0 Å². The molecule has 342 valence electrons. The van der Waals surface area contributed by atoms with Crippen molar-refractivity contribution in [1.82, 2.24) is 30.4 Å². The minimum atomic E-state index is -1.35. The molecule has 2 aliphatic heterocycles. The summed E-state index contributed by atoms with van der Waals surface area (Å²) in [6.07, 6.45) is 4.96. The topological polar surface area (TPSA) is 170 Å². The number of aliphatic imine (C=N–C) groups is 1. The van der Waals surface area contributed by atoms with Gasteiger partial charge in [-0.05, 0) is 132 Å². The Morgan fingerprint density at radius 3 is 2.12 bits per heavy atom. The summed E-state index contributed by atoms with van der Waals surface area (Å²) in [4.78, 5) is 68.6. The first-order chi connectivity index (χ1) is 31.2. The molecule has 3 heterocycles. The maximum absolute atomic E-state index is 16.6. The average molecular weight is 887 g/mol. The molecule has 4 N–H and O–H groups in total. The summed E-state index contributed by atoms with van der Waals surface area (Å²) in [5.41, 5.74) is 7.59. The lowest BCUT2D eigenvalue weighted by Crippen LogP contribution is -2.57. The number of alkyl halides is 1. The maximum Gasteiger partial charge on any atom is 0.407 e. The Kier molecular flexibility index (Phi) is 11.7. The van der Waals surface area contributed by atoms with Crippen LogP contribution >= 0.6 is 0 Å². The van der Waals surface area contributed by atoms with Crippen LogP contribution in [0.15, 0.2) is 65.8 Å². The third-order valence-electron chi connectivity index (χ3n) is 14.7. The van der Waals surface area contributed by atoms with Crippen molar-refractivity contribution in [3.63, 3.8) is 0 Å². The number of ether oxygens (including phenoxy) is 2. The lowest BCUT2D eigenvalue weighted by Gasteiger charge is -2.38. The van der Waals surface area contributed by atoms with Gasteiger partial charge in [-0.25, -0.2) is 19.0 Å². The molecule has 2 saturated carbocycles. The summed E-state index contributed by atoms with van der Waals surface area (Å²) in [6, 6.07) is 16.0. The standard InChI is InChI=1S/C50H59FN8O6/c1-26(2)43(56-48(62)64-6)46(60)58-25-50(16-17-50)22-40(58)45-54-23-39(55-45)30-10-14-34-33-13-9-28(19-35(33)42(51)36(34)20-30)29-11-15-37(38(21-29)52-5)53-24-41-31-8-12-32(18-31)59(41)47(61)44(27(3)4)57-49(63)65-7/h9-11,13-15,19-21,23,26-27,31-32,40-44,53H,5,8,12,16-18,22,24-25H2,1-4,6-7H3,(H,54,55)(H,56,62)(H,57,63)/t31-,32+,40-,41+,42?,43-,44-/m0/s1. The van der Waals surface area contributed by atoms with Gasteiger partial charge in [0.05, 0.1) is 49.6 Å². The highest BCUT2D eigenvalue weighted by atomic mass is 19.1. The second kappa shape index (κ2) is 17.3. The summed E-state index contributed by atoms with van der Waals surface area (Å²) in [6.45, 7) is 12.6. The summed E-state index contributed by atoms with van der Waals surface area (Å²) in [5.74, 6) is 0.533. The molecule has 3 aliphatic carbocycles. The molecule has 4 aromatic rings. The third-order valence-corrected chi connectivity index (χ3v) is 14.7. The molecule has 15 heteroatoms. The Balaban J connectivity index is 0.899. The van der Waals surface area contributed by atoms with Crippen LogP contribution in [0.5, 0.6) is 0 Å². The minimum absolute atomic E-state index is 0.0426. The second-order valence-electron chi connectivity index (χ2n) is 19.4. The van der Waals surface area contributed by atoms with Crippen LogP contribution in [0.4, 0.5) is 25.4 Å². The fourth-order valence-electron chi connectivity index (χ4n) is 10.9. The van der Waals surface area contributed by atoms with E-state index in [1.165, 1.54) is 14.2 Å². The number of fused-ring (bicyclic) bond motifs is 5. The van der Waals surface area contributed by atoms with Gasteiger partial charge in [0.1, 0.15) is 17.9 Å². The fourth-order valence-corrected chi connectivity index (χ4v) is 10.9. The first-order valence-corrected chi connectivity index (χ1v) is 22.9. The van der Waals surface area contributed by atoms with Gasteiger partial charge in [-0.3, -0.25) is 14.6 Å². The highest BCUT2D eigenvalue weighted by Gasteiger charge is 2.55. The number of H-pyrrole nitrogens is 1. The molecule has 14 nitrogen and oxygen atoms in total. The number of halogens is 1. The highest BCUT2D eigenvalue weighted by Crippen LogP contribution is 2.58. The number of anilines is 1. The number of imidazole rings is 1. The number of hydrogen-bond donors (Lipinski definition) is 4. The minimum Gasteiger partial charge on any atom is -0.453 e. The number of carbonyl (C=O) groups is 4. The van der Waals surface area contributed by atoms with E-state index in [1.807, 2.05) is 92.1 Å². The molecule has 1 spiro atoms. The number of rotatable bonds is 13. The van der Waals surface area contributed by atoms with Gasteiger partial charge in [0.15, 0.2) is 6.17 Å². The second-order valence-corrected chi connectivity index (χ2v) is 19.4. The van der Waals surface area contributed by atoms with E-state index in [0.717, 1.165) is 77.7 Å². The Hall–Kier alpha value is -6.25. The van der Waals surface area contributed by atoms with Crippen LogP contribution in [0, 0.1) is 23.2 Å². The quantitative estimate of drug-likeness (QED) is 0.0967. The number of methoxy groups -OCH3 is 2. The van der Waals surface area contributed by atoms with Crippen molar-refractivity contribution in [2.45, 2.75) is 103 Å². The number of piperidine rings is 1. The van der Waals surface area contributed by atoms with Crippen LogP contribution in [-0.2, 0) is 19.1 Å². The summed E-state index contributed by atoms with van der Waals surface area (Å²) in [5, 5.41) is 9.04. The molecular formula is C50H59FN8O6. The summed E-state index contributed by atoms with van der Waals surface area (Å²) >= 11 is 0. The number of amides is 4. The number of carbonyl (C=O) groups excluding carboxylic acids is 4. The van der Waals surface area contributed by atoms with Crippen molar-refractivity contribution < 1.29 is 33.0 Å². The lowest BCUT2D eigenvalue weighted by atomic mass is 9.95. The van der Waals surface area contributed by atoms with E-state index >= 15 is 4.39 Å². The fraction of sp³-hybridized carbons (Fsp3) is 0.480. The van der Waals surface area contributed by atoms with Crippen LogP contribution in [-0.4, -0.2) is 102 Å². The van der Waals surface area contributed by atoms with E-state index in [4.69, 9.17) is 14.5 Å². The number of nitrogens with one attached hydrogen (secondary N) is 4. The zero-order valence-electron chi connectivity index (χ0n) is 37.9. The first kappa shape index (κ1) is 44.0. The van der Waals surface area contributed by atoms with Gasteiger partial charge >= 0.3 is 12.2 Å². The predicted octanol–water partition coefficient (Wildman–Crippen LogP) is 8.72. The van der Waals surface area contributed by atoms with Crippen molar-refractivity contribution in [2.24, 2.45) is 28.2 Å². The van der Waals surface area contributed by atoms with E-state index in [1.54, 1.807) is 6.20 Å². The molecule has 9 rings (SSSR count). The zero-order valence-corrected chi connectivity index (χ0v) is 37.9. The highest BCUT2D eigenvalue weighted by molar-refractivity contribution is 5.88. The van der Waals surface area contributed by atoms with Gasteiger partial charge in [0.2, 0.25) is 11.8 Å². The van der Waals surface area contributed by atoms with Crippen LogP contribution in [0.2, 0.25) is 0 Å².